The number of hydrogen-bond acceptors (Lipinski definition) is 4. The molecule has 0 amide bonds. The average Bonchev–Trinajstić information content (AvgIpc) is 2.96. The van der Waals surface area contributed by atoms with E-state index in [1.165, 1.54) is 10.6 Å². The van der Waals surface area contributed by atoms with Crippen LogP contribution in [0.4, 0.5) is 0 Å². The molecule has 4 heteroatoms. The standard InChI is InChI=1S/C15H19N3S/c1-2-4-13(5-3-1)14-12-19-15(17-14)6-9-18-10-7-16-8-11-18/h1-5,12,16H,6-11H2. The van der Waals surface area contributed by atoms with E-state index in [9.17, 15) is 0 Å². The van der Waals surface area contributed by atoms with Gasteiger partial charge >= 0.3 is 0 Å². The van der Waals surface area contributed by atoms with Crippen molar-refractivity contribution in [3.63, 3.8) is 0 Å². The average molecular weight is 273 g/mol. The topological polar surface area (TPSA) is 28.2 Å². The molecule has 1 N–H and O–H groups in total. The van der Waals surface area contributed by atoms with Gasteiger partial charge in [0.25, 0.3) is 0 Å². The Labute approximate surface area is 118 Å². The van der Waals surface area contributed by atoms with E-state index in [0.717, 1.165) is 44.8 Å². The molecule has 1 aliphatic heterocycles. The summed E-state index contributed by atoms with van der Waals surface area (Å²) in [6, 6.07) is 10.4. The maximum Gasteiger partial charge on any atom is 0.0945 e. The lowest BCUT2D eigenvalue weighted by molar-refractivity contribution is 0.244. The second-order valence-electron chi connectivity index (χ2n) is 4.83. The van der Waals surface area contributed by atoms with Gasteiger partial charge in [0, 0.05) is 50.1 Å². The van der Waals surface area contributed by atoms with Crippen LogP contribution in [0.3, 0.4) is 0 Å². The molecule has 3 rings (SSSR count). The Balaban J connectivity index is 1.59. The Kier molecular flexibility index (Phi) is 4.23. The Morgan fingerprint density at radius 2 is 1.95 bits per heavy atom. The third kappa shape index (κ3) is 3.41. The molecule has 1 saturated heterocycles. The minimum atomic E-state index is 1.07. The monoisotopic (exact) mass is 273 g/mol. The molecule has 0 bridgehead atoms. The first-order chi connectivity index (χ1) is 9.42. The van der Waals surface area contributed by atoms with Gasteiger partial charge in [-0.1, -0.05) is 30.3 Å². The van der Waals surface area contributed by atoms with Crippen molar-refractivity contribution in [2.75, 3.05) is 32.7 Å². The quantitative estimate of drug-likeness (QED) is 0.926. The van der Waals surface area contributed by atoms with Gasteiger partial charge in [-0.05, 0) is 0 Å². The van der Waals surface area contributed by atoms with Crippen LogP contribution < -0.4 is 5.32 Å². The summed E-state index contributed by atoms with van der Waals surface area (Å²) in [7, 11) is 0. The predicted octanol–water partition coefficient (Wildman–Crippen LogP) is 2.26. The third-order valence-electron chi connectivity index (χ3n) is 3.47. The van der Waals surface area contributed by atoms with E-state index in [1.807, 2.05) is 6.07 Å². The Hall–Kier alpha value is -1.23. The first kappa shape index (κ1) is 12.8. The van der Waals surface area contributed by atoms with E-state index in [1.54, 1.807) is 11.3 Å². The van der Waals surface area contributed by atoms with E-state index >= 15 is 0 Å². The lowest BCUT2D eigenvalue weighted by Crippen LogP contribution is -2.44. The van der Waals surface area contributed by atoms with Crippen LogP contribution in [0.25, 0.3) is 11.3 Å². The van der Waals surface area contributed by atoms with Gasteiger partial charge in [-0.25, -0.2) is 4.98 Å². The van der Waals surface area contributed by atoms with Crippen molar-refractivity contribution >= 4 is 11.3 Å². The fourth-order valence-corrected chi connectivity index (χ4v) is 3.15. The number of hydrogen-bond donors (Lipinski definition) is 1. The van der Waals surface area contributed by atoms with Crippen LogP contribution in [0.5, 0.6) is 0 Å². The van der Waals surface area contributed by atoms with Crippen molar-refractivity contribution in [2.24, 2.45) is 0 Å². The van der Waals surface area contributed by atoms with Gasteiger partial charge in [-0.15, -0.1) is 11.3 Å². The Bertz CT molecular complexity index is 503. The zero-order valence-corrected chi connectivity index (χ0v) is 11.8. The van der Waals surface area contributed by atoms with Crippen molar-refractivity contribution in [2.45, 2.75) is 6.42 Å². The second-order valence-corrected chi connectivity index (χ2v) is 5.78. The summed E-state index contributed by atoms with van der Waals surface area (Å²) in [6.07, 6.45) is 1.07. The van der Waals surface area contributed by atoms with Crippen molar-refractivity contribution < 1.29 is 0 Å². The summed E-state index contributed by atoms with van der Waals surface area (Å²) >= 11 is 1.78. The molecule has 3 nitrogen and oxygen atoms in total. The number of rotatable bonds is 4. The minimum Gasteiger partial charge on any atom is -0.314 e. The number of nitrogens with one attached hydrogen (secondary N) is 1. The zero-order valence-electron chi connectivity index (χ0n) is 11.0. The Morgan fingerprint density at radius 3 is 2.74 bits per heavy atom. The van der Waals surface area contributed by atoms with Gasteiger partial charge in [0.15, 0.2) is 0 Å². The molecule has 1 aliphatic rings. The van der Waals surface area contributed by atoms with Gasteiger partial charge in [-0.2, -0.15) is 0 Å². The second kappa shape index (κ2) is 6.28. The van der Waals surface area contributed by atoms with Crippen molar-refractivity contribution in [1.29, 1.82) is 0 Å². The molecular weight excluding hydrogens is 254 g/mol. The number of benzene rings is 1. The molecule has 2 heterocycles. The fourth-order valence-electron chi connectivity index (χ4n) is 2.36. The highest BCUT2D eigenvalue weighted by molar-refractivity contribution is 7.09. The molecule has 19 heavy (non-hydrogen) atoms. The van der Waals surface area contributed by atoms with Gasteiger partial charge in [0.05, 0.1) is 10.7 Å². The molecule has 1 aromatic heterocycles. The van der Waals surface area contributed by atoms with E-state index in [4.69, 9.17) is 4.98 Å². The molecule has 0 aliphatic carbocycles. The molecule has 1 aromatic carbocycles. The molecule has 2 aromatic rings. The molecule has 0 unspecified atom stereocenters. The highest BCUT2D eigenvalue weighted by Gasteiger charge is 2.10. The van der Waals surface area contributed by atoms with Gasteiger partial charge in [-0.3, -0.25) is 0 Å². The van der Waals surface area contributed by atoms with E-state index in [-0.39, 0.29) is 0 Å². The van der Waals surface area contributed by atoms with E-state index < -0.39 is 0 Å². The largest absolute Gasteiger partial charge is 0.314 e. The molecule has 0 saturated carbocycles. The third-order valence-corrected chi connectivity index (χ3v) is 4.38. The Morgan fingerprint density at radius 1 is 1.16 bits per heavy atom. The van der Waals surface area contributed by atoms with Gasteiger partial charge < -0.3 is 10.2 Å². The van der Waals surface area contributed by atoms with Crippen molar-refractivity contribution in [1.82, 2.24) is 15.2 Å². The van der Waals surface area contributed by atoms with Crippen LogP contribution in [0.1, 0.15) is 5.01 Å². The number of piperazine rings is 1. The molecule has 0 atom stereocenters. The van der Waals surface area contributed by atoms with Crippen LogP contribution >= 0.6 is 11.3 Å². The molecule has 0 radical (unpaired) electrons. The van der Waals surface area contributed by atoms with Crippen LogP contribution in [0, 0.1) is 0 Å². The zero-order chi connectivity index (χ0) is 12.9. The lowest BCUT2D eigenvalue weighted by Gasteiger charge is -2.26. The summed E-state index contributed by atoms with van der Waals surface area (Å²) in [5.74, 6) is 0. The number of aromatic nitrogens is 1. The highest BCUT2D eigenvalue weighted by Crippen LogP contribution is 2.21. The fraction of sp³-hybridized carbons (Fsp3) is 0.400. The predicted molar refractivity (Wildman–Crippen MR) is 80.6 cm³/mol. The number of nitrogens with zero attached hydrogens (tertiary/aromatic N) is 2. The smallest absolute Gasteiger partial charge is 0.0945 e. The summed E-state index contributed by atoms with van der Waals surface area (Å²) in [6.45, 7) is 5.69. The maximum absolute atomic E-state index is 4.74. The van der Waals surface area contributed by atoms with E-state index in [2.05, 4.69) is 39.9 Å². The number of thiazole rings is 1. The van der Waals surface area contributed by atoms with Crippen molar-refractivity contribution in [3.05, 3.63) is 40.7 Å². The molecule has 100 valence electrons. The first-order valence-electron chi connectivity index (χ1n) is 6.85. The SMILES string of the molecule is c1ccc(-c2csc(CCN3CCNCC3)n2)cc1. The first-order valence-corrected chi connectivity index (χ1v) is 7.73. The van der Waals surface area contributed by atoms with Crippen LogP contribution in [-0.4, -0.2) is 42.6 Å². The van der Waals surface area contributed by atoms with Gasteiger partial charge in [0.1, 0.15) is 0 Å². The highest BCUT2D eigenvalue weighted by atomic mass is 32.1. The summed E-state index contributed by atoms with van der Waals surface area (Å²) < 4.78 is 0. The summed E-state index contributed by atoms with van der Waals surface area (Å²) in [5.41, 5.74) is 2.33. The summed E-state index contributed by atoms with van der Waals surface area (Å²) in [5, 5.41) is 6.80. The molecule has 1 fully saturated rings. The molecular formula is C15H19N3S. The van der Waals surface area contributed by atoms with Crippen LogP contribution in [0.15, 0.2) is 35.7 Å². The summed E-state index contributed by atoms with van der Waals surface area (Å²) in [4.78, 5) is 7.26. The van der Waals surface area contributed by atoms with Gasteiger partial charge in [0.2, 0.25) is 0 Å². The maximum atomic E-state index is 4.74. The van der Waals surface area contributed by atoms with Crippen LogP contribution in [-0.2, 0) is 6.42 Å². The van der Waals surface area contributed by atoms with Crippen molar-refractivity contribution in [3.8, 4) is 11.3 Å². The molecule has 0 spiro atoms. The van der Waals surface area contributed by atoms with Crippen LogP contribution in [0.2, 0.25) is 0 Å². The lowest BCUT2D eigenvalue weighted by atomic mass is 10.2. The minimum absolute atomic E-state index is 1.07. The normalized spacial score (nSPS) is 16.6. The van der Waals surface area contributed by atoms with E-state index in [0.29, 0.717) is 0 Å².